The Kier molecular flexibility index (Phi) is 8.37. The van der Waals surface area contributed by atoms with E-state index in [-0.39, 0.29) is 31.2 Å². The Morgan fingerprint density at radius 2 is 1.94 bits per heavy atom. The van der Waals surface area contributed by atoms with Gasteiger partial charge in [0.2, 0.25) is 11.9 Å². The summed E-state index contributed by atoms with van der Waals surface area (Å²) in [7, 11) is 0. The third-order valence-corrected chi connectivity index (χ3v) is 5.48. The van der Waals surface area contributed by atoms with Gasteiger partial charge in [-0.1, -0.05) is 0 Å². The number of halogens is 2. The molecule has 1 fully saturated rings. The maximum atomic E-state index is 13.3. The van der Waals surface area contributed by atoms with Crippen molar-refractivity contribution in [3.63, 3.8) is 0 Å². The molecular weight excluding hydrogens is 464 g/mol. The van der Waals surface area contributed by atoms with Gasteiger partial charge < -0.3 is 25.7 Å². The Hall–Kier alpha value is -3.99. The third kappa shape index (κ3) is 5.93. The van der Waals surface area contributed by atoms with Crippen LogP contribution in [0.2, 0.25) is 0 Å². The number of hydrogen-bond donors (Lipinski definition) is 2. The van der Waals surface area contributed by atoms with Gasteiger partial charge in [0.1, 0.15) is 11.8 Å². The number of piperazine rings is 1. The smallest absolute Gasteiger partial charge is 0.282 e. The molecule has 14 heteroatoms. The number of rotatable bonds is 10. The molecule has 3 N–H and O–H groups in total. The highest BCUT2D eigenvalue weighted by Crippen LogP contribution is 2.26. The first kappa shape index (κ1) is 25.6. The summed E-state index contributed by atoms with van der Waals surface area (Å²) < 4.78 is 33.2. The van der Waals surface area contributed by atoms with Crippen LogP contribution in [0.15, 0.2) is 12.4 Å². The van der Waals surface area contributed by atoms with Crippen LogP contribution >= 0.6 is 0 Å². The molecule has 1 unspecified atom stereocenters. The van der Waals surface area contributed by atoms with Gasteiger partial charge in [-0.3, -0.25) is 14.3 Å². The summed E-state index contributed by atoms with van der Waals surface area (Å²) in [5.41, 5.74) is 4.19. The van der Waals surface area contributed by atoms with Gasteiger partial charge in [0, 0.05) is 32.4 Å². The molecule has 0 spiro atoms. The second-order valence-corrected chi connectivity index (χ2v) is 7.82. The van der Waals surface area contributed by atoms with E-state index < -0.39 is 29.6 Å². The predicted octanol–water partition coefficient (Wildman–Crippen LogP) is 0.895. The average Bonchev–Trinajstić information content (AvgIpc) is 3.27. The molecule has 3 heterocycles. The van der Waals surface area contributed by atoms with Crippen molar-refractivity contribution >= 4 is 24.0 Å². The second-order valence-electron chi connectivity index (χ2n) is 7.82. The lowest BCUT2D eigenvalue weighted by atomic mass is 10.1. The lowest BCUT2D eigenvalue weighted by Gasteiger charge is -2.34. The summed E-state index contributed by atoms with van der Waals surface area (Å²) in [6, 6.07) is 1.39. The number of ether oxygens (including phenoxy) is 1. The molecule has 2 aromatic rings. The zero-order chi connectivity index (χ0) is 25.5. The van der Waals surface area contributed by atoms with E-state index in [2.05, 4.69) is 15.1 Å². The minimum Gasteiger partial charge on any atom is -0.379 e. The van der Waals surface area contributed by atoms with E-state index in [1.807, 2.05) is 11.0 Å². The molecule has 1 atom stereocenters. The molecular formula is C21H25F2N9O3. The van der Waals surface area contributed by atoms with Crippen molar-refractivity contribution in [2.24, 2.45) is 5.73 Å². The van der Waals surface area contributed by atoms with Crippen LogP contribution in [-0.2, 0) is 9.53 Å². The first-order chi connectivity index (χ1) is 16.8. The largest absolute Gasteiger partial charge is 0.379 e. The summed E-state index contributed by atoms with van der Waals surface area (Å²) in [5.74, 6) is -0.672. The molecule has 0 bridgehead atoms. The summed E-state index contributed by atoms with van der Waals surface area (Å²) in [4.78, 5) is 36.1. The molecule has 0 aromatic carbocycles. The van der Waals surface area contributed by atoms with E-state index in [4.69, 9.17) is 21.1 Å². The molecule has 3 rings (SSSR count). The summed E-state index contributed by atoms with van der Waals surface area (Å²) >= 11 is 0. The molecule has 2 aromatic heterocycles. The van der Waals surface area contributed by atoms with Gasteiger partial charge in [0.05, 0.1) is 54.9 Å². The van der Waals surface area contributed by atoms with E-state index in [1.165, 1.54) is 12.4 Å². The van der Waals surface area contributed by atoms with Crippen molar-refractivity contribution in [3.05, 3.63) is 34.9 Å². The van der Waals surface area contributed by atoms with E-state index in [0.29, 0.717) is 37.7 Å². The number of nitrogens with two attached hydrogens (primary N) is 1. The van der Waals surface area contributed by atoms with Crippen molar-refractivity contribution in [1.29, 1.82) is 10.7 Å². The summed E-state index contributed by atoms with van der Waals surface area (Å²) in [5, 5.41) is 20.1. The lowest BCUT2D eigenvalue weighted by Crippen LogP contribution is -2.49. The number of aromatic nitrogens is 4. The summed E-state index contributed by atoms with van der Waals surface area (Å²) in [6.45, 7) is 3.84. The number of nitrogens with zero attached hydrogens (tertiary/aromatic N) is 7. The van der Waals surface area contributed by atoms with Crippen LogP contribution in [0.5, 0.6) is 0 Å². The van der Waals surface area contributed by atoms with Gasteiger partial charge in [-0.25, -0.2) is 18.7 Å². The van der Waals surface area contributed by atoms with Crippen molar-refractivity contribution < 1.29 is 23.1 Å². The van der Waals surface area contributed by atoms with E-state index in [1.54, 1.807) is 11.8 Å². The van der Waals surface area contributed by atoms with Gasteiger partial charge in [-0.15, -0.1) is 0 Å². The molecule has 12 nitrogen and oxygen atoms in total. The lowest BCUT2D eigenvalue weighted by molar-refractivity contribution is -0.132. The fraction of sp³-hybridized carbons (Fsp3) is 0.476. The molecule has 0 saturated carbocycles. The number of primary amides is 1. The molecule has 186 valence electrons. The van der Waals surface area contributed by atoms with Gasteiger partial charge in [0.25, 0.3) is 12.3 Å². The van der Waals surface area contributed by atoms with E-state index in [0.717, 1.165) is 10.9 Å². The van der Waals surface area contributed by atoms with Crippen LogP contribution in [0.3, 0.4) is 0 Å². The topological polar surface area (TPSA) is 167 Å². The number of hydrogen-bond acceptors (Lipinski definition) is 9. The van der Waals surface area contributed by atoms with Crippen LogP contribution in [0.4, 0.5) is 14.7 Å². The number of nitrogens with one attached hydrogen (secondary N) is 1. The maximum Gasteiger partial charge on any atom is 0.282 e. The molecule has 1 aliphatic heterocycles. The Labute approximate surface area is 199 Å². The van der Waals surface area contributed by atoms with Gasteiger partial charge in [-0.05, 0) is 6.92 Å². The standard InChI is InChI=1S/C21H25F2N9O3/c1-13(32-15(9-25)17(20(26)34)18(29-32)19(22)23)12-35-7-2-16(33)30-3-5-31(6-4-30)21-27-10-14(8-24)11-28-21/h9-11,13,19,25H,2-7,12H2,1H3,(H2,26,34). The maximum absolute atomic E-state index is 13.3. The number of anilines is 1. The normalized spacial score (nSPS) is 14.6. The van der Waals surface area contributed by atoms with Crippen LogP contribution in [0.1, 0.15) is 53.1 Å². The van der Waals surface area contributed by atoms with Gasteiger partial charge >= 0.3 is 0 Å². The minimum atomic E-state index is -3.02. The van der Waals surface area contributed by atoms with E-state index in [9.17, 15) is 18.4 Å². The fourth-order valence-electron chi connectivity index (χ4n) is 3.69. The Balaban J connectivity index is 1.47. The number of alkyl halides is 2. The van der Waals surface area contributed by atoms with E-state index >= 15 is 0 Å². The van der Waals surface area contributed by atoms with Gasteiger partial charge in [0.15, 0.2) is 0 Å². The molecule has 0 radical (unpaired) electrons. The van der Waals surface area contributed by atoms with Crippen molar-refractivity contribution in [1.82, 2.24) is 24.6 Å². The highest BCUT2D eigenvalue weighted by Gasteiger charge is 2.28. The highest BCUT2D eigenvalue weighted by molar-refractivity contribution is 6.01. The highest BCUT2D eigenvalue weighted by atomic mass is 19.3. The number of nitriles is 1. The first-order valence-corrected chi connectivity index (χ1v) is 10.8. The number of carbonyl (C=O) groups is 2. The third-order valence-electron chi connectivity index (χ3n) is 5.48. The fourth-order valence-corrected chi connectivity index (χ4v) is 3.69. The van der Waals surface area contributed by atoms with Crippen LogP contribution in [0.25, 0.3) is 0 Å². The van der Waals surface area contributed by atoms with Gasteiger partial charge in [-0.2, -0.15) is 10.4 Å². The zero-order valence-corrected chi connectivity index (χ0v) is 19.0. The number of amides is 2. The molecule has 2 amide bonds. The quantitative estimate of drug-likeness (QED) is 0.366. The van der Waals surface area contributed by atoms with Crippen molar-refractivity contribution in [2.75, 3.05) is 44.3 Å². The summed E-state index contributed by atoms with van der Waals surface area (Å²) in [6.07, 6.45) is 0.768. The Morgan fingerprint density at radius 1 is 1.29 bits per heavy atom. The average molecular weight is 489 g/mol. The van der Waals surface area contributed by atoms with Crippen molar-refractivity contribution in [3.8, 4) is 6.07 Å². The molecule has 35 heavy (non-hydrogen) atoms. The van der Waals surface area contributed by atoms with Crippen molar-refractivity contribution in [2.45, 2.75) is 25.8 Å². The number of carbonyl (C=O) groups excluding carboxylic acids is 2. The first-order valence-electron chi connectivity index (χ1n) is 10.8. The monoisotopic (exact) mass is 489 g/mol. The molecule has 1 aliphatic rings. The second kappa shape index (κ2) is 11.4. The van der Waals surface area contributed by atoms with Crippen LogP contribution in [0, 0.1) is 16.7 Å². The Bertz CT molecular complexity index is 1110. The zero-order valence-electron chi connectivity index (χ0n) is 19.0. The SMILES string of the molecule is CC(COCCC(=O)N1CCN(c2ncc(C#N)cn2)CC1)n1nc(C(F)F)c(C(N)=O)c1C=N. The minimum absolute atomic E-state index is 0.0283. The predicted molar refractivity (Wildman–Crippen MR) is 119 cm³/mol. The molecule has 0 aliphatic carbocycles. The molecule has 1 saturated heterocycles. The van der Waals surface area contributed by atoms with Crippen LogP contribution < -0.4 is 10.6 Å². The Morgan fingerprint density at radius 3 is 2.49 bits per heavy atom. The van der Waals surface area contributed by atoms with Crippen LogP contribution in [-0.4, -0.2) is 82.1 Å².